The molecule has 0 aliphatic carbocycles. The first-order valence-corrected chi connectivity index (χ1v) is 17.7. The molecule has 18 heteroatoms. The maximum atomic E-state index is 15.3. The molecular formula is C38H38BrF5N6O5S. The van der Waals surface area contributed by atoms with Crippen LogP contribution in [-0.4, -0.2) is 49.6 Å². The maximum absolute atomic E-state index is 15.3. The van der Waals surface area contributed by atoms with Crippen molar-refractivity contribution < 1.29 is 68.0 Å². The molecule has 0 aliphatic heterocycles. The number of benzene rings is 3. The van der Waals surface area contributed by atoms with Crippen molar-refractivity contribution in [3.05, 3.63) is 117 Å². The van der Waals surface area contributed by atoms with Crippen LogP contribution in [0.25, 0.3) is 11.3 Å². The molecule has 3 aromatic carbocycles. The van der Waals surface area contributed by atoms with Crippen molar-refractivity contribution in [2.75, 3.05) is 6.54 Å². The number of carbonyl (C=O) groups is 2. The highest BCUT2D eigenvalue weighted by Gasteiger charge is 2.41. The Kier molecular flexibility index (Phi) is 15.9. The number of aromatic nitrogens is 4. The molecule has 0 radical (unpaired) electrons. The van der Waals surface area contributed by atoms with Gasteiger partial charge in [0.15, 0.2) is 0 Å². The summed E-state index contributed by atoms with van der Waals surface area (Å²) in [7, 11) is 0. The van der Waals surface area contributed by atoms with E-state index in [9.17, 15) is 27.5 Å². The van der Waals surface area contributed by atoms with Gasteiger partial charge < -0.3 is 37.7 Å². The predicted octanol–water partition coefficient (Wildman–Crippen LogP) is 3.16. The third-order valence-corrected chi connectivity index (χ3v) is 9.39. The summed E-state index contributed by atoms with van der Waals surface area (Å²) >= 11 is 1.42. The fourth-order valence-electron chi connectivity index (χ4n) is 5.72. The normalized spacial score (nSPS) is 12.7. The lowest BCUT2D eigenvalue weighted by Crippen LogP contribution is -3.00. The van der Waals surface area contributed by atoms with E-state index in [0.29, 0.717) is 37.2 Å². The van der Waals surface area contributed by atoms with E-state index in [4.69, 9.17) is 30.6 Å². The second kappa shape index (κ2) is 19.7. The number of ether oxygens (including phenoxy) is 1. The quantitative estimate of drug-likeness (QED) is 0.0698. The first-order valence-electron chi connectivity index (χ1n) is 16.8. The van der Waals surface area contributed by atoms with E-state index in [1.165, 1.54) is 22.1 Å². The average Bonchev–Trinajstić information content (AvgIpc) is 3.77. The number of rotatable bonds is 13. The summed E-state index contributed by atoms with van der Waals surface area (Å²) in [6.45, 7) is 6.32. The zero-order chi connectivity index (χ0) is 40.5. The number of esters is 1. The maximum Gasteiger partial charge on any atom is 0.490 e. The highest BCUT2D eigenvalue weighted by Crippen LogP contribution is 2.37. The number of aryl methyl sites for hydroxylation is 2. The zero-order valence-electron chi connectivity index (χ0n) is 30.4. The van der Waals surface area contributed by atoms with Gasteiger partial charge in [-0.2, -0.15) is 18.4 Å². The van der Waals surface area contributed by atoms with Crippen molar-refractivity contribution in [1.29, 1.82) is 5.26 Å². The van der Waals surface area contributed by atoms with Gasteiger partial charge in [-0.15, -0.1) is 16.0 Å². The molecule has 0 spiro atoms. The number of halogens is 6. The number of nitriles is 1. The number of hydrogen-bond acceptors (Lipinski definition) is 9. The van der Waals surface area contributed by atoms with Gasteiger partial charge in [-0.3, -0.25) is 4.79 Å². The van der Waals surface area contributed by atoms with E-state index in [2.05, 4.69) is 11.2 Å². The SMILES string of the molecule is Cc1cc(C[n+]2cnn(C[C@](O)(c3ccc(F)cc3F)[C@H](C)Cc3nc(-c4ccc(C#N)cc4)cs3)c2)cc(C)c1OC(=O)CCCN.O=C(O)C(F)(F)F.[Br-]. The number of carbonyl (C=O) groups excluding carboxylic acids is 1. The zero-order valence-corrected chi connectivity index (χ0v) is 32.8. The molecule has 0 saturated heterocycles. The van der Waals surface area contributed by atoms with Gasteiger partial charge in [-0.25, -0.2) is 23.1 Å². The topological polar surface area (TPSA) is 168 Å². The molecule has 0 aliphatic rings. The Labute approximate surface area is 333 Å². The molecule has 11 nitrogen and oxygen atoms in total. The van der Waals surface area contributed by atoms with E-state index in [1.54, 1.807) is 31.7 Å². The molecule has 0 saturated carbocycles. The second-order valence-corrected chi connectivity index (χ2v) is 13.8. The molecule has 2 heterocycles. The molecule has 4 N–H and O–H groups in total. The predicted molar refractivity (Wildman–Crippen MR) is 190 cm³/mol. The van der Waals surface area contributed by atoms with Crippen molar-refractivity contribution >= 4 is 23.3 Å². The Morgan fingerprint density at radius 3 is 2.30 bits per heavy atom. The van der Waals surface area contributed by atoms with Crippen molar-refractivity contribution in [3.63, 3.8) is 0 Å². The molecule has 56 heavy (non-hydrogen) atoms. The van der Waals surface area contributed by atoms with Gasteiger partial charge in [0.2, 0.25) is 6.33 Å². The lowest BCUT2D eigenvalue weighted by atomic mass is 9.80. The second-order valence-electron chi connectivity index (χ2n) is 12.8. The van der Waals surface area contributed by atoms with Gasteiger partial charge in [-0.1, -0.05) is 25.1 Å². The van der Waals surface area contributed by atoms with Crippen LogP contribution >= 0.6 is 11.3 Å². The Balaban J connectivity index is 0.000000960. The first kappa shape index (κ1) is 45.3. The van der Waals surface area contributed by atoms with Crippen molar-refractivity contribution in [3.8, 4) is 23.1 Å². The van der Waals surface area contributed by atoms with Crippen LogP contribution in [0.2, 0.25) is 0 Å². The van der Waals surface area contributed by atoms with Gasteiger partial charge in [0.05, 0.1) is 28.9 Å². The van der Waals surface area contributed by atoms with Crippen LogP contribution in [0.4, 0.5) is 22.0 Å². The standard InChI is InChI=1S/C36H37F2N6O3S.C2HF3O2.BrH/c1-23-13-27(14-24(2)35(23)47-34(45)5-4-12-39)18-43-21-41-44(22-43)20-36(46,30-11-10-29(37)16-31(30)38)25(3)15-33-42-32(19-48-33)28-8-6-26(17-40)7-9-28;3-2(4,5)1(6)7;/h6-11,13-14,16,19,21-22,25,46H,4-5,12,15,18,20,39H2,1-3H3;(H,6,7);1H/q+1;;/p-1/t25-,36-;;/m1../s1. The average molecular weight is 866 g/mol. The lowest BCUT2D eigenvalue weighted by molar-refractivity contribution is -0.689. The number of thiazole rings is 1. The summed E-state index contributed by atoms with van der Waals surface area (Å²) in [5, 5.41) is 35.5. The molecular weight excluding hydrogens is 827 g/mol. The molecule has 5 rings (SSSR count). The fourth-order valence-corrected chi connectivity index (χ4v) is 6.65. The van der Waals surface area contributed by atoms with Gasteiger partial charge >= 0.3 is 18.1 Å². The number of nitrogens with zero attached hydrogens (tertiary/aromatic N) is 5. The van der Waals surface area contributed by atoms with Crippen molar-refractivity contribution in [2.45, 2.75) is 64.9 Å². The highest BCUT2D eigenvalue weighted by atomic mass is 79.9. The van der Waals surface area contributed by atoms with Crippen molar-refractivity contribution in [1.82, 2.24) is 14.8 Å². The molecule has 2 atom stereocenters. The van der Waals surface area contributed by atoms with Crippen LogP contribution in [-0.2, 0) is 34.7 Å². The molecule has 298 valence electrons. The smallest absolute Gasteiger partial charge is 0.490 e. The van der Waals surface area contributed by atoms with E-state index in [1.807, 2.05) is 48.1 Å². The van der Waals surface area contributed by atoms with Crippen LogP contribution in [0.5, 0.6) is 5.75 Å². The van der Waals surface area contributed by atoms with Crippen LogP contribution in [0.15, 0.2) is 72.6 Å². The van der Waals surface area contributed by atoms with Crippen LogP contribution in [0.1, 0.15) is 52.6 Å². The number of nitrogens with two attached hydrogens (primary N) is 1. The minimum Gasteiger partial charge on any atom is -1.00 e. The third kappa shape index (κ3) is 12.0. The van der Waals surface area contributed by atoms with Crippen LogP contribution in [0.3, 0.4) is 0 Å². The number of hydrogen-bond donors (Lipinski definition) is 3. The van der Waals surface area contributed by atoms with Crippen molar-refractivity contribution in [2.24, 2.45) is 11.7 Å². The van der Waals surface area contributed by atoms with Crippen LogP contribution < -0.4 is 32.0 Å². The van der Waals surface area contributed by atoms with E-state index in [0.717, 1.165) is 45.1 Å². The summed E-state index contributed by atoms with van der Waals surface area (Å²) in [6.07, 6.45) is -0.623. The molecule has 2 aromatic heterocycles. The molecule has 5 aromatic rings. The Bertz CT molecular complexity index is 2150. The number of carboxylic acids is 1. The van der Waals surface area contributed by atoms with Crippen LogP contribution in [0, 0.1) is 42.7 Å². The third-order valence-electron chi connectivity index (χ3n) is 8.52. The fraction of sp³-hybridized carbons (Fsp3) is 0.316. The minimum atomic E-state index is -5.08. The number of alkyl halides is 3. The van der Waals surface area contributed by atoms with E-state index >= 15 is 4.39 Å². The van der Waals surface area contributed by atoms with Gasteiger partial charge in [-0.05, 0) is 79.8 Å². The van der Waals surface area contributed by atoms with E-state index in [-0.39, 0.29) is 41.5 Å². The summed E-state index contributed by atoms with van der Waals surface area (Å²) in [5.41, 5.74) is 8.42. The number of carboxylic acid groups (broad SMARTS) is 1. The monoisotopic (exact) mass is 864 g/mol. The first-order chi connectivity index (χ1) is 25.9. The van der Waals surface area contributed by atoms with Gasteiger partial charge in [0.25, 0.3) is 6.33 Å². The molecule has 0 amide bonds. The Morgan fingerprint density at radius 2 is 1.73 bits per heavy atom. The number of aliphatic hydroxyl groups is 1. The molecule has 0 fully saturated rings. The summed E-state index contributed by atoms with van der Waals surface area (Å²) < 4.78 is 69.9. The highest BCUT2D eigenvalue weighted by molar-refractivity contribution is 7.09. The summed E-state index contributed by atoms with van der Waals surface area (Å²) in [5.74, 6) is -4.69. The lowest BCUT2D eigenvalue weighted by Gasteiger charge is -2.32. The number of aliphatic carboxylic acids is 1. The largest absolute Gasteiger partial charge is 1.00 e. The summed E-state index contributed by atoms with van der Waals surface area (Å²) in [4.78, 5) is 25.8. The molecule has 0 bridgehead atoms. The summed E-state index contributed by atoms with van der Waals surface area (Å²) in [6, 6.07) is 16.3. The van der Waals surface area contributed by atoms with Gasteiger partial charge in [0, 0.05) is 40.5 Å². The van der Waals surface area contributed by atoms with E-state index < -0.39 is 35.3 Å². The molecule has 0 unspecified atom stereocenters. The van der Waals surface area contributed by atoms with Gasteiger partial charge in [0.1, 0.15) is 29.5 Å². The Morgan fingerprint density at radius 1 is 1.09 bits per heavy atom. The Hall–Kier alpha value is -5.09. The minimum absolute atomic E-state index is 0.